The molecule has 1 unspecified atom stereocenters. The van der Waals surface area contributed by atoms with Gasteiger partial charge in [0.1, 0.15) is 11.8 Å². The first kappa shape index (κ1) is 22.8. The maximum absolute atomic E-state index is 13.0. The summed E-state index contributed by atoms with van der Waals surface area (Å²) in [5.41, 5.74) is 4.02. The van der Waals surface area contributed by atoms with Gasteiger partial charge in [0, 0.05) is 44.0 Å². The van der Waals surface area contributed by atoms with Gasteiger partial charge in [0.2, 0.25) is 5.91 Å². The van der Waals surface area contributed by atoms with Crippen LogP contribution in [0.1, 0.15) is 42.4 Å². The number of nitriles is 1. The number of rotatable bonds is 7. The number of aromatic nitrogens is 2. The van der Waals surface area contributed by atoms with Crippen molar-refractivity contribution in [2.24, 2.45) is 5.92 Å². The monoisotopic (exact) mass is 423 g/mol. The van der Waals surface area contributed by atoms with Crippen LogP contribution in [0, 0.1) is 31.1 Å². The van der Waals surface area contributed by atoms with E-state index in [1.54, 1.807) is 7.11 Å². The molecule has 1 aliphatic rings. The molecule has 0 N–H and O–H groups in total. The third kappa shape index (κ3) is 5.26. The van der Waals surface area contributed by atoms with Crippen LogP contribution in [0.4, 0.5) is 0 Å². The third-order valence-corrected chi connectivity index (χ3v) is 5.98. The topological polar surface area (TPSA) is 74.4 Å². The molecule has 1 amide bonds. The number of aryl methyl sites for hydroxylation is 1. The molecule has 3 rings (SSSR count). The Hall–Kier alpha value is -2.85. The Morgan fingerprint density at radius 3 is 2.35 bits per heavy atom. The number of ether oxygens (including phenoxy) is 1. The Morgan fingerprint density at radius 2 is 1.81 bits per heavy atom. The van der Waals surface area contributed by atoms with Crippen molar-refractivity contribution in [2.45, 2.75) is 46.7 Å². The van der Waals surface area contributed by atoms with Crippen LogP contribution >= 0.6 is 0 Å². The van der Waals surface area contributed by atoms with Crippen molar-refractivity contribution in [1.29, 1.82) is 5.26 Å². The van der Waals surface area contributed by atoms with E-state index < -0.39 is 0 Å². The molecule has 0 radical (unpaired) electrons. The lowest BCUT2D eigenvalue weighted by Crippen LogP contribution is -2.50. The zero-order chi connectivity index (χ0) is 22.5. The molecule has 0 bridgehead atoms. The number of hydrogen-bond acceptors (Lipinski definition) is 5. The second-order valence-corrected chi connectivity index (χ2v) is 8.62. The first-order valence-corrected chi connectivity index (χ1v) is 10.9. The summed E-state index contributed by atoms with van der Waals surface area (Å²) >= 11 is 0. The van der Waals surface area contributed by atoms with E-state index in [4.69, 9.17) is 4.74 Å². The van der Waals surface area contributed by atoms with Crippen LogP contribution < -0.4 is 4.74 Å². The number of benzene rings is 1. The first-order chi connectivity index (χ1) is 14.8. The molecule has 7 nitrogen and oxygen atoms in total. The average Bonchev–Trinajstić information content (AvgIpc) is 3.02. The van der Waals surface area contributed by atoms with E-state index in [2.05, 4.69) is 36.8 Å². The molecule has 1 aromatic heterocycles. The lowest BCUT2D eigenvalue weighted by atomic mass is 10.0. The van der Waals surface area contributed by atoms with Gasteiger partial charge in [-0.3, -0.25) is 14.4 Å². The van der Waals surface area contributed by atoms with Crippen LogP contribution in [0.3, 0.4) is 0 Å². The summed E-state index contributed by atoms with van der Waals surface area (Å²) in [5.74, 6) is 1.42. The largest absolute Gasteiger partial charge is 0.497 e. The predicted molar refractivity (Wildman–Crippen MR) is 120 cm³/mol. The molecule has 1 aromatic carbocycles. The fourth-order valence-electron chi connectivity index (χ4n) is 4.16. The van der Waals surface area contributed by atoms with E-state index in [9.17, 15) is 10.1 Å². The van der Waals surface area contributed by atoms with Crippen LogP contribution in [0.25, 0.3) is 0 Å². The highest BCUT2D eigenvalue weighted by Gasteiger charge is 2.28. The maximum atomic E-state index is 13.0. The second kappa shape index (κ2) is 9.97. The van der Waals surface area contributed by atoms with Crippen LogP contribution in [0.5, 0.6) is 5.75 Å². The molecule has 7 heteroatoms. The Balaban J connectivity index is 1.61. The fourth-order valence-corrected chi connectivity index (χ4v) is 4.16. The van der Waals surface area contributed by atoms with Crippen LogP contribution in [0.2, 0.25) is 0 Å². The zero-order valence-corrected chi connectivity index (χ0v) is 19.3. The van der Waals surface area contributed by atoms with Crippen molar-refractivity contribution < 1.29 is 9.53 Å². The predicted octanol–water partition coefficient (Wildman–Crippen LogP) is 3.12. The Bertz CT molecular complexity index is 934. The highest BCUT2D eigenvalue weighted by molar-refractivity contribution is 5.79. The van der Waals surface area contributed by atoms with Gasteiger partial charge in [-0.25, -0.2) is 0 Å². The number of amides is 1. The number of carbonyl (C=O) groups is 1. The van der Waals surface area contributed by atoms with Gasteiger partial charge in [-0.2, -0.15) is 10.4 Å². The summed E-state index contributed by atoms with van der Waals surface area (Å²) in [5, 5.41) is 14.4. The molecule has 1 aliphatic heterocycles. The Labute approximate surface area is 185 Å². The lowest BCUT2D eigenvalue weighted by Gasteiger charge is -2.37. The molecule has 1 atom stereocenters. The van der Waals surface area contributed by atoms with Crippen molar-refractivity contribution in [1.82, 2.24) is 19.6 Å². The third-order valence-electron chi connectivity index (χ3n) is 5.98. The molecule has 1 saturated heterocycles. The van der Waals surface area contributed by atoms with Gasteiger partial charge >= 0.3 is 0 Å². The first-order valence-electron chi connectivity index (χ1n) is 10.9. The van der Waals surface area contributed by atoms with E-state index >= 15 is 0 Å². The summed E-state index contributed by atoms with van der Waals surface area (Å²) in [4.78, 5) is 17.0. The number of piperazine rings is 1. The van der Waals surface area contributed by atoms with Crippen molar-refractivity contribution in [2.75, 3.05) is 33.3 Å². The molecule has 31 heavy (non-hydrogen) atoms. The van der Waals surface area contributed by atoms with Gasteiger partial charge in [0.05, 0.1) is 25.3 Å². The molecular formula is C24H33N5O2. The summed E-state index contributed by atoms with van der Waals surface area (Å²) in [7, 11) is 1.63. The summed E-state index contributed by atoms with van der Waals surface area (Å²) in [6, 6.07) is 9.72. The van der Waals surface area contributed by atoms with E-state index in [0.29, 0.717) is 38.5 Å². The van der Waals surface area contributed by atoms with Crippen molar-refractivity contribution in [3.63, 3.8) is 0 Å². The molecule has 2 heterocycles. The van der Waals surface area contributed by atoms with Crippen molar-refractivity contribution in [3.8, 4) is 11.8 Å². The van der Waals surface area contributed by atoms with Crippen LogP contribution in [-0.4, -0.2) is 58.8 Å². The molecular weight excluding hydrogens is 390 g/mol. The standard InChI is InChI=1S/C24H33N5O2/c1-17(2)16-29-19(4)22(18(3)26-29)14-24(30)28-12-10-27(11-13-28)23(15-25)20-6-8-21(31-5)9-7-20/h6-9,17,23H,10-14,16H2,1-5H3. The quantitative estimate of drug-likeness (QED) is 0.684. The summed E-state index contributed by atoms with van der Waals surface area (Å²) < 4.78 is 7.23. The Morgan fingerprint density at radius 1 is 1.16 bits per heavy atom. The summed E-state index contributed by atoms with van der Waals surface area (Å²) in [6.07, 6.45) is 0.385. The molecule has 166 valence electrons. The summed E-state index contributed by atoms with van der Waals surface area (Å²) in [6.45, 7) is 11.9. The molecule has 0 aliphatic carbocycles. The smallest absolute Gasteiger partial charge is 0.227 e. The fraction of sp³-hybridized carbons (Fsp3) is 0.542. The highest BCUT2D eigenvalue weighted by atomic mass is 16.5. The van der Waals surface area contributed by atoms with E-state index in [1.165, 1.54) is 0 Å². The normalized spacial score (nSPS) is 15.7. The van der Waals surface area contributed by atoms with E-state index in [1.807, 2.05) is 40.8 Å². The molecule has 0 saturated carbocycles. The van der Waals surface area contributed by atoms with Gasteiger partial charge < -0.3 is 9.64 Å². The zero-order valence-electron chi connectivity index (χ0n) is 19.3. The van der Waals surface area contributed by atoms with Gasteiger partial charge in [-0.15, -0.1) is 0 Å². The molecule has 1 fully saturated rings. The second-order valence-electron chi connectivity index (χ2n) is 8.62. The minimum atomic E-state index is -0.318. The maximum Gasteiger partial charge on any atom is 0.227 e. The highest BCUT2D eigenvalue weighted by Crippen LogP contribution is 2.24. The van der Waals surface area contributed by atoms with Crippen molar-refractivity contribution in [3.05, 3.63) is 46.8 Å². The SMILES string of the molecule is COc1ccc(C(C#N)N2CCN(C(=O)Cc3c(C)nn(CC(C)C)c3C)CC2)cc1. The molecule has 0 spiro atoms. The Kier molecular flexibility index (Phi) is 7.34. The van der Waals surface area contributed by atoms with Gasteiger partial charge in [-0.1, -0.05) is 26.0 Å². The molecule has 2 aromatic rings. The van der Waals surface area contributed by atoms with Crippen molar-refractivity contribution >= 4 is 5.91 Å². The van der Waals surface area contributed by atoms with Crippen LogP contribution in [0.15, 0.2) is 24.3 Å². The minimum Gasteiger partial charge on any atom is -0.497 e. The minimum absolute atomic E-state index is 0.132. The van der Waals surface area contributed by atoms with Gasteiger partial charge in [0.25, 0.3) is 0 Å². The van der Waals surface area contributed by atoms with Gasteiger partial charge in [0.15, 0.2) is 0 Å². The average molecular weight is 424 g/mol. The van der Waals surface area contributed by atoms with Gasteiger partial charge in [-0.05, 0) is 37.5 Å². The number of nitrogens with zero attached hydrogens (tertiary/aromatic N) is 5. The van der Waals surface area contributed by atoms with E-state index in [-0.39, 0.29) is 11.9 Å². The number of carbonyl (C=O) groups excluding carboxylic acids is 1. The van der Waals surface area contributed by atoms with E-state index in [0.717, 1.165) is 34.8 Å². The number of methoxy groups -OCH3 is 1. The van der Waals surface area contributed by atoms with Crippen LogP contribution in [-0.2, 0) is 17.8 Å². The lowest BCUT2D eigenvalue weighted by molar-refractivity contribution is -0.132. The number of hydrogen-bond donors (Lipinski definition) is 0.